The molecule has 4 atom stereocenters. The molecule has 0 unspecified atom stereocenters. The number of nitrogens with zero attached hydrogens (tertiary/aromatic N) is 16. The van der Waals surface area contributed by atoms with E-state index < -0.39 is 23.4 Å². The zero-order valence-electron chi connectivity index (χ0n) is 68.1. The molecular weight excluding hydrogens is 1660 g/mol. The van der Waals surface area contributed by atoms with E-state index in [0.29, 0.717) is 144 Å². The molecule has 0 spiro atoms. The number of carbonyl (C=O) groups excluding carboxylic acids is 2. The number of hydrogen-bond donors (Lipinski definition) is 4. The van der Waals surface area contributed by atoms with E-state index in [9.17, 15) is 19.1 Å². The Morgan fingerprint density at radius 1 is 0.448 bits per heavy atom. The predicted octanol–water partition coefficient (Wildman–Crippen LogP) is 16.0. The fourth-order valence-corrected chi connectivity index (χ4v) is 15.9. The monoisotopic (exact) mass is 1750 g/mol. The second-order valence-electron chi connectivity index (χ2n) is 31.1. The van der Waals surface area contributed by atoms with Crippen LogP contribution >= 0.6 is 15.9 Å². The Balaban J connectivity index is 0.000000116. The van der Waals surface area contributed by atoms with E-state index in [1.807, 2.05) is 163 Å². The molecule has 2 amide bonds. The summed E-state index contributed by atoms with van der Waals surface area (Å²) in [6.45, 7) is 7.88. The minimum Gasteiger partial charge on any atom is -0.489 e. The highest BCUT2D eigenvalue weighted by atomic mass is 79.9. The standard InChI is InChI=1S/C32H29FN6O3.C25H23FN6O3.C18H16BrN3O2.C18H18N4O2/c1-20-12-26(33)25(13-29(20)38-14-28(34-18-38)22-10-11-22)32(40)36-27-9-5-8-24-30(27)42-17-23(39-19-35-37-31(24)39)16-41-15-21-6-3-2-4-7-21;1-14-7-19(26)18(8-22(14)31-9-21(27-12-31)15-5-6-15)25(34)29-20-4-2-3-17-23(20)35-11-16(10-33)32-13-28-30-24(17)32;2*19-16-8-4-7-15-17(16)24-11-14(22-12-20-21-18(15)22)10-23-9-13-5-2-1-3-6-13/h2-9,12-14,18-19,22-23H,10-11,15-17H2,1H3,(H,36,40);2-4,7-9,12-13,15-16,33H,5-6,10-11H2,1H3,(H,29,34);1-8,12,14H,9-11H2;1-8,12,14H,9-11,19H2/t23-;16-;2*14-/m0000/s1. The number of ether oxygens (including phenoxy) is 7. The van der Waals surface area contributed by atoms with Gasteiger partial charge in [0.2, 0.25) is 0 Å². The van der Waals surface area contributed by atoms with Gasteiger partial charge in [-0.2, -0.15) is 0 Å². The average molecular weight is 1750 g/mol. The molecule has 125 heavy (non-hydrogen) atoms. The van der Waals surface area contributed by atoms with Gasteiger partial charge in [-0.1, -0.05) is 115 Å². The zero-order valence-corrected chi connectivity index (χ0v) is 69.7. The summed E-state index contributed by atoms with van der Waals surface area (Å²) < 4.78 is 84.3. The fourth-order valence-electron chi connectivity index (χ4n) is 15.4. The number of carbonyl (C=O) groups is 2. The SMILES string of the molecule is Brc1cccc2c1OC[C@H](COCc1ccccc1)n1cnnc1-2.Cc1cc(F)c(C(=O)Nc2cccc3c2OC[C@H](CO)n2cnnc2-3)cc1-n1cnc(C2CC2)c1.Cc1cc(F)c(C(=O)Nc2cccc3c2OC[C@H](COCc2ccccc2)n2cnnc2-3)cc1-n1cnc(C2CC2)c1.Nc1cccc2c1OC[C@H](COCc1ccccc1)n1cnnc1-2. The number of aliphatic hydroxyl groups excluding tert-OH is 1. The molecule has 32 heteroatoms. The summed E-state index contributed by atoms with van der Waals surface area (Å²) in [7, 11) is 0. The second-order valence-corrected chi connectivity index (χ2v) is 32.0. The summed E-state index contributed by atoms with van der Waals surface area (Å²) in [6.07, 6.45) is 18.5. The van der Waals surface area contributed by atoms with Crippen LogP contribution in [-0.4, -0.2) is 148 Å². The van der Waals surface area contributed by atoms with Crippen LogP contribution in [0.1, 0.15) is 122 Å². The van der Waals surface area contributed by atoms with E-state index in [4.69, 9.17) is 38.9 Å². The third-order valence-electron chi connectivity index (χ3n) is 22.3. The minimum atomic E-state index is -0.616. The predicted molar refractivity (Wildman–Crippen MR) is 464 cm³/mol. The first-order chi connectivity index (χ1) is 61.2. The number of benzene rings is 9. The molecule has 0 bridgehead atoms. The van der Waals surface area contributed by atoms with Crippen LogP contribution in [0.4, 0.5) is 25.8 Å². The summed E-state index contributed by atoms with van der Waals surface area (Å²) in [6, 6.07) is 57.7. The van der Waals surface area contributed by atoms with Gasteiger partial charge < -0.3 is 82.0 Å². The van der Waals surface area contributed by atoms with Crippen LogP contribution in [0.2, 0.25) is 0 Å². The molecule has 0 radical (unpaired) electrons. The number of fused-ring (bicyclic) bond motifs is 12. The van der Waals surface area contributed by atoms with Crippen molar-refractivity contribution in [3.8, 4) is 79.9 Å². The normalized spacial score (nSPS) is 16.1. The highest BCUT2D eigenvalue weighted by molar-refractivity contribution is 9.10. The molecule has 634 valence electrons. The lowest BCUT2D eigenvalue weighted by Crippen LogP contribution is -2.21. The number of aryl methyl sites for hydroxylation is 2. The van der Waals surface area contributed by atoms with Gasteiger partial charge in [-0.15, -0.1) is 40.8 Å². The Labute approximate surface area is 724 Å². The first kappa shape index (κ1) is 82.1. The second kappa shape index (κ2) is 37.0. The smallest absolute Gasteiger partial charge is 0.258 e. The van der Waals surface area contributed by atoms with Crippen LogP contribution in [0.3, 0.4) is 0 Å². The van der Waals surface area contributed by atoms with Crippen molar-refractivity contribution in [3.63, 3.8) is 0 Å². The molecule has 2 fully saturated rings. The number of nitrogen functional groups attached to an aromatic ring is 1. The molecule has 6 aromatic heterocycles. The number of rotatable bonds is 21. The number of hydrogen-bond acceptors (Lipinski definition) is 21. The van der Waals surface area contributed by atoms with Crippen molar-refractivity contribution in [2.75, 3.05) is 69.2 Å². The molecule has 29 nitrogen and oxygen atoms in total. The Hall–Kier alpha value is -13.9. The largest absolute Gasteiger partial charge is 0.489 e. The number of imidazole rings is 2. The van der Waals surface area contributed by atoms with Crippen LogP contribution < -0.4 is 35.3 Å². The molecule has 0 saturated heterocycles. The van der Waals surface area contributed by atoms with Crippen LogP contribution in [0, 0.1) is 25.5 Å². The van der Waals surface area contributed by atoms with Crippen LogP contribution in [0.15, 0.2) is 243 Å². The molecule has 4 aliphatic heterocycles. The number of aromatic nitrogens is 16. The van der Waals surface area contributed by atoms with Crippen molar-refractivity contribution in [2.45, 2.75) is 95.4 Å². The van der Waals surface area contributed by atoms with Gasteiger partial charge in [-0.05, 0) is 156 Å². The van der Waals surface area contributed by atoms with Crippen molar-refractivity contribution in [2.24, 2.45) is 0 Å². The van der Waals surface area contributed by atoms with E-state index >= 15 is 4.39 Å². The molecule has 2 aliphatic carbocycles. The Kier molecular flexibility index (Phi) is 24.3. The third kappa shape index (κ3) is 18.2. The zero-order chi connectivity index (χ0) is 85.4. The highest BCUT2D eigenvalue weighted by Crippen LogP contribution is 2.46. The Bertz CT molecular complexity index is 6210. The topological polar surface area (TPSA) is 328 Å². The summed E-state index contributed by atoms with van der Waals surface area (Å²) in [4.78, 5) is 35.7. The van der Waals surface area contributed by atoms with Gasteiger partial charge in [0.05, 0.1) is 161 Å². The molecule has 15 aromatic rings. The van der Waals surface area contributed by atoms with Crippen molar-refractivity contribution in [1.29, 1.82) is 0 Å². The number of nitrogens with one attached hydrogen (secondary N) is 2. The molecule has 9 aromatic carbocycles. The average Bonchev–Trinajstić information content (AvgIpc) is 1.75. The van der Waals surface area contributed by atoms with Crippen molar-refractivity contribution < 1.29 is 56.6 Å². The van der Waals surface area contributed by atoms with Gasteiger partial charge in [-0.3, -0.25) is 9.59 Å². The van der Waals surface area contributed by atoms with Crippen LogP contribution in [0.25, 0.3) is 56.9 Å². The molecular formula is C93H86BrF2N19O10. The van der Waals surface area contributed by atoms with E-state index in [0.717, 1.165) is 86.8 Å². The summed E-state index contributed by atoms with van der Waals surface area (Å²) in [5.41, 5.74) is 18.6. The Morgan fingerprint density at radius 3 is 1.20 bits per heavy atom. The van der Waals surface area contributed by atoms with E-state index in [-0.39, 0.29) is 55.1 Å². The van der Waals surface area contributed by atoms with Crippen LogP contribution in [0.5, 0.6) is 23.0 Å². The van der Waals surface area contributed by atoms with Gasteiger partial charge in [0.25, 0.3) is 11.8 Å². The molecule has 21 rings (SSSR count). The van der Waals surface area contributed by atoms with Gasteiger partial charge in [0.15, 0.2) is 40.5 Å². The number of halogens is 3. The maximum atomic E-state index is 15.1. The van der Waals surface area contributed by atoms with E-state index in [2.05, 4.69) is 89.5 Å². The molecule has 6 aliphatic rings. The first-order valence-electron chi connectivity index (χ1n) is 41.0. The minimum absolute atomic E-state index is 0.00878. The third-order valence-corrected chi connectivity index (χ3v) is 23.0. The maximum absolute atomic E-state index is 15.1. The fraction of sp³-hybridized carbons (Fsp3) is 0.247. The number of anilines is 3. The molecule has 10 heterocycles. The van der Waals surface area contributed by atoms with E-state index in [1.54, 1.807) is 85.6 Å². The Morgan fingerprint density at radius 2 is 0.800 bits per heavy atom. The van der Waals surface area contributed by atoms with E-state index in [1.165, 1.54) is 18.5 Å². The first-order valence-corrected chi connectivity index (χ1v) is 41.8. The van der Waals surface area contributed by atoms with Gasteiger partial charge in [0, 0.05) is 24.2 Å². The maximum Gasteiger partial charge on any atom is 0.258 e. The van der Waals surface area contributed by atoms with Crippen LogP contribution in [-0.2, 0) is 34.0 Å². The van der Waals surface area contributed by atoms with Gasteiger partial charge in [0.1, 0.15) is 69.1 Å². The molecule has 5 N–H and O–H groups in total. The number of aliphatic hydroxyl groups is 1. The molecule has 2 saturated carbocycles. The van der Waals surface area contributed by atoms with Gasteiger partial charge >= 0.3 is 0 Å². The number of nitrogens with two attached hydrogens (primary N) is 1. The quantitative estimate of drug-likeness (QED) is 0.0486. The lowest BCUT2D eigenvalue weighted by molar-refractivity contribution is 0.0734. The van der Waals surface area contributed by atoms with Gasteiger partial charge in [-0.25, -0.2) is 18.7 Å². The lowest BCUT2D eigenvalue weighted by Gasteiger charge is -2.18. The summed E-state index contributed by atoms with van der Waals surface area (Å²) >= 11 is 3.55. The summed E-state index contributed by atoms with van der Waals surface area (Å²) in [5.74, 6) is 3.55. The van der Waals surface area contributed by atoms with Crippen molar-refractivity contribution in [3.05, 3.63) is 305 Å². The lowest BCUT2D eigenvalue weighted by atomic mass is 10.1. The highest BCUT2D eigenvalue weighted by Gasteiger charge is 2.34. The number of amides is 2. The summed E-state index contributed by atoms with van der Waals surface area (Å²) in [5, 5.41) is 48.6. The van der Waals surface area contributed by atoms with Crippen molar-refractivity contribution >= 4 is 44.8 Å². The number of para-hydroxylation sites is 4. The van der Waals surface area contributed by atoms with Crippen molar-refractivity contribution in [1.82, 2.24) is 78.2 Å².